The molecule has 0 aromatic carbocycles. The molecule has 3 aromatic rings. The zero-order valence-corrected chi connectivity index (χ0v) is 16.5. The molecule has 2 unspecified atom stereocenters. The molecule has 0 saturated carbocycles. The van der Waals surface area contributed by atoms with Crippen molar-refractivity contribution in [2.24, 2.45) is 0 Å². The molecule has 0 bridgehead atoms. The highest BCUT2D eigenvalue weighted by Crippen LogP contribution is 2.21. The minimum Gasteiger partial charge on any atom is -0.377 e. The number of amides is 1. The molecule has 2 N–H and O–H groups in total. The van der Waals surface area contributed by atoms with Gasteiger partial charge in [0.05, 0.1) is 19.3 Å². The molecule has 1 aliphatic heterocycles. The van der Waals surface area contributed by atoms with Crippen LogP contribution in [0.1, 0.15) is 43.0 Å². The standard InChI is InChI=1S/C19H23N7O3/c1-19(2,3)15-9-12(22-23-15)18(28)21-13-10-29-11-14(13)26-17(27)6-5-16(24-26)25-8-4-7-20-25/h4-9,13-14H,10-11H2,1-3H3,(H,21,28)(H,22,23). The Bertz CT molecular complexity index is 1060. The van der Waals surface area contributed by atoms with Crippen LogP contribution in [0.3, 0.4) is 0 Å². The largest absolute Gasteiger partial charge is 0.377 e. The quantitative estimate of drug-likeness (QED) is 0.673. The maximum atomic E-state index is 12.7. The summed E-state index contributed by atoms with van der Waals surface area (Å²) >= 11 is 0. The van der Waals surface area contributed by atoms with Crippen molar-refractivity contribution in [3.05, 3.63) is 58.4 Å². The Morgan fingerprint density at radius 2 is 2.14 bits per heavy atom. The maximum Gasteiger partial charge on any atom is 0.272 e. The number of aromatic nitrogens is 6. The van der Waals surface area contributed by atoms with E-state index in [-0.39, 0.29) is 30.1 Å². The van der Waals surface area contributed by atoms with E-state index in [1.807, 2.05) is 20.8 Å². The molecule has 0 spiro atoms. The minimum absolute atomic E-state index is 0.144. The van der Waals surface area contributed by atoms with Crippen LogP contribution >= 0.6 is 0 Å². The molecule has 1 fully saturated rings. The normalized spacial score (nSPS) is 19.4. The Morgan fingerprint density at radius 3 is 2.83 bits per heavy atom. The summed E-state index contributed by atoms with van der Waals surface area (Å²) in [5.41, 5.74) is 0.748. The number of rotatable bonds is 4. The lowest BCUT2D eigenvalue weighted by Crippen LogP contribution is -2.44. The van der Waals surface area contributed by atoms with Crippen molar-refractivity contribution >= 4 is 5.91 Å². The van der Waals surface area contributed by atoms with Gasteiger partial charge >= 0.3 is 0 Å². The average Bonchev–Trinajstić information content (AvgIpc) is 3.43. The molecule has 2 atom stereocenters. The fraction of sp³-hybridized carbons (Fsp3) is 0.421. The Balaban J connectivity index is 1.55. The Morgan fingerprint density at radius 1 is 1.31 bits per heavy atom. The van der Waals surface area contributed by atoms with Gasteiger partial charge in [0.25, 0.3) is 11.5 Å². The van der Waals surface area contributed by atoms with Crippen LogP contribution in [-0.4, -0.2) is 54.9 Å². The maximum absolute atomic E-state index is 12.7. The number of carbonyl (C=O) groups is 1. The van der Waals surface area contributed by atoms with Crippen molar-refractivity contribution in [1.29, 1.82) is 0 Å². The highest BCUT2D eigenvalue weighted by atomic mass is 16.5. The molecule has 0 aliphatic carbocycles. The molecule has 29 heavy (non-hydrogen) atoms. The molecule has 1 saturated heterocycles. The first-order chi connectivity index (χ1) is 13.8. The topological polar surface area (TPSA) is 120 Å². The second kappa shape index (κ2) is 7.28. The summed E-state index contributed by atoms with van der Waals surface area (Å²) in [5.74, 6) is 0.183. The summed E-state index contributed by atoms with van der Waals surface area (Å²) in [6.07, 6.45) is 3.38. The van der Waals surface area contributed by atoms with Gasteiger partial charge in [0.15, 0.2) is 5.82 Å². The third-order valence-corrected chi connectivity index (χ3v) is 4.85. The molecule has 3 aromatic heterocycles. The Hall–Kier alpha value is -3.27. The van der Waals surface area contributed by atoms with Crippen molar-refractivity contribution in [1.82, 2.24) is 35.1 Å². The predicted molar refractivity (Wildman–Crippen MR) is 104 cm³/mol. The minimum atomic E-state index is -0.428. The van der Waals surface area contributed by atoms with Crippen LogP contribution in [0.25, 0.3) is 5.82 Å². The zero-order valence-electron chi connectivity index (χ0n) is 16.5. The fourth-order valence-electron chi connectivity index (χ4n) is 3.17. The Kier molecular flexibility index (Phi) is 4.79. The lowest BCUT2D eigenvalue weighted by atomic mass is 9.92. The van der Waals surface area contributed by atoms with Gasteiger partial charge in [-0.25, -0.2) is 9.36 Å². The van der Waals surface area contributed by atoms with E-state index in [1.54, 1.807) is 35.3 Å². The van der Waals surface area contributed by atoms with Crippen LogP contribution in [0.5, 0.6) is 0 Å². The van der Waals surface area contributed by atoms with E-state index in [2.05, 4.69) is 25.7 Å². The SMILES string of the molecule is CC(C)(C)c1cc(C(=O)NC2COCC2n2nc(-n3cccn3)ccc2=O)n[nH]1. The number of carbonyl (C=O) groups excluding carboxylic acids is 1. The summed E-state index contributed by atoms with van der Waals surface area (Å²) < 4.78 is 8.45. The van der Waals surface area contributed by atoms with E-state index in [1.165, 1.54) is 10.7 Å². The first kappa shape index (κ1) is 19.1. The molecule has 10 heteroatoms. The third-order valence-electron chi connectivity index (χ3n) is 4.85. The van der Waals surface area contributed by atoms with Crippen molar-refractivity contribution in [2.45, 2.75) is 38.3 Å². The van der Waals surface area contributed by atoms with Gasteiger partial charge in [-0.3, -0.25) is 14.7 Å². The third kappa shape index (κ3) is 3.83. The highest BCUT2D eigenvalue weighted by molar-refractivity contribution is 5.92. The second-order valence-electron chi connectivity index (χ2n) is 8.03. The molecule has 1 aliphatic rings. The number of nitrogens with one attached hydrogen (secondary N) is 2. The molecule has 4 rings (SSSR count). The number of nitrogens with zero attached hydrogens (tertiary/aromatic N) is 5. The van der Waals surface area contributed by atoms with Gasteiger partial charge in [-0.2, -0.15) is 10.2 Å². The average molecular weight is 397 g/mol. The van der Waals surface area contributed by atoms with Crippen molar-refractivity contribution in [2.75, 3.05) is 13.2 Å². The van der Waals surface area contributed by atoms with Crippen molar-refractivity contribution in [3.63, 3.8) is 0 Å². The summed E-state index contributed by atoms with van der Waals surface area (Å²) in [5, 5.41) is 18.5. The van der Waals surface area contributed by atoms with E-state index in [0.29, 0.717) is 11.5 Å². The summed E-state index contributed by atoms with van der Waals surface area (Å²) in [7, 11) is 0. The van der Waals surface area contributed by atoms with E-state index in [0.717, 1.165) is 5.69 Å². The van der Waals surface area contributed by atoms with Crippen LogP contribution < -0.4 is 10.9 Å². The monoisotopic (exact) mass is 397 g/mol. The summed E-state index contributed by atoms with van der Waals surface area (Å²) in [6, 6.07) is 5.72. The van der Waals surface area contributed by atoms with Gasteiger partial charge in [0.2, 0.25) is 0 Å². The summed E-state index contributed by atoms with van der Waals surface area (Å²) in [6.45, 7) is 6.66. The lowest BCUT2D eigenvalue weighted by molar-refractivity contribution is 0.0919. The number of hydrogen-bond donors (Lipinski definition) is 2. The summed E-state index contributed by atoms with van der Waals surface area (Å²) in [4.78, 5) is 25.1. The van der Waals surface area contributed by atoms with Gasteiger partial charge in [-0.1, -0.05) is 20.8 Å². The lowest BCUT2D eigenvalue weighted by Gasteiger charge is -2.20. The van der Waals surface area contributed by atoms with Crippen LogP contribution in [0.4, 0.5) is 0 Å². The number of ether oxygens (including phenoxy) is 1. The van der Waals surface area contributed by atoms with Crippen LogP contribution in [-0.2, 0) is 10.2 Å². The Labute approximate surface area is 166 Å². The molecule has 4 heterocycles. The molecule has 152 valence electrons. The molecule has 1 amide bonds. The first-order valence-electron chi connectivity index (χ1n) is 9.37. The predicted octanol–water partition coefficient (Wildman–Crippen LogP) is 0.819. The van der Waals surface area contributed by atoms with Gasteiger partial charge in [0.1, 0.15) is 11.7 Å². The molecular weight excluding hydrogens is 374 g/mol. The van der Waals surface area contributed by atoms with Gasteiger partial charge < -0.3 is 10.1 Å². The number of H-pyrrole nitrogens is 1. The van der Waals surface area contributed by atoms with Crippen LogP contribution in [0.2, 0.25) is 0 Å². The van der Waals surface area contributed by atoms with E-state index < -0.39 is 12.1 Å². The first-order valence-corrected chi connectivity index (χ1v) is 9.37. The molecule has 0 radical (unpaired) electrons. The fourth-order valence-corrected chi connectivity index (χ4v) is 3.17. The van der Waals surface area contributed by atoms with E-state index in [9.17, 15) is 9.59 Å². The number of aromatic amines is 1. The van der Waals surface area contributed by atoms with Gasteiger partial charge in [0, 0.05) is 29.6 Å². The molecule has 10 nitrogen and oxygen atoms in total. The highest BCUT2D eigenvalue weighted by Gasteiger charge is 2.33. The number of hydrogen-bond acceptors (Lipinski definition) is 6. The van der Waals surface area contributed by atoms with Gasteiger partial charge in [-0.15, -0.1) is 5.10 Å². The molecular formula is C19H23N7O3. The smallest absolute Gasteiger partial charge is 0.272 e. The van der Waals surface area contributed by atoms with Crippen LogP contribution in [0, 0.1) is 0 Å². The zero-order chi connectivity index (χ0) is 20.6. The van der Waals surface area contributed by atoms with E-state index in [4.69, 9.17) is 4.74 Å². The van der Waals surface area contributed by atoms with Gasteiger partial charge in [-0.05, 0) is 18.2 Å². The van der Waals surface area contributed by atoms with E-state index >= 15 is 0 Å². The van der Waals surface area contributed by atoms with Crippen molar-refractivity contribution < 1.29 is 9.53 Å². The second-order valence-corrected chi connectivity index (χ2v) is 8.03. The van der Waals surface area contributed by atoms with Crippen LogP contribution in [0.15, 0.2) is 41.5 Å². The van der Waals surface area contributed by atoms with Crippen molar-refractivity contribution in [3.8, 4) is 5.82 Å².